The van der Waals surface area contributed by atoms with Gasteiger partial charge in [-0.15, -0.1) is 11.8 Å². The predicted octanol–water partition coefficient (Wildman–Crippen LogP) is 3.62. The van der Waals surface area contributed by atoms with Gasteiger partial charge in [0, 0.05) is 11.3 Å². The lowest BCUT2D eigenvalue weighted by molar-refractivity contribution is -0.115. The second-order valence-corrected chi connectivity index (χ2v) is 4.82. The van der Waals surface area contributed by atoms with Gasteiger partial charge in [0.2, 0.25) is 0 Å². The number of ketones is 1. The van der Waals surface area contributed by atoms with Crippen molar-refractivity contribution in [3.8, 4) is 0 Å². The molecule has 15 heavy (non-hydrogen) atoms. The Morgan fingerprint density at radius 1 is 1.33 bits per heavy atom. The molecule has 0 aliphatic heterocycles. The number of allylic oxidation sites excluding steroid dienone is 1. The summed E-state index contributed by atoms with van der Waals surface area (Å²) in [5.74, 6) is 0.781. The summed E-state index contributed by atoms with van der Waals surface area (Å²) in [6, 6.07) is 8.22. The zero-order valence-electron chi connectivity index (χ0n) is 9.25. The summed E-state index contributed by atoms with van der Waals surface area (Å²) in [5, 5.41) is 0. The van der Waals surface area contributed by atoms with Crippen molar-refractivity contribution in [2.45, 2.75) is 25.2 Å². The van der Waals surface area contributed by atoms with Gasteiger partial charge in [-0.2, -0.15) is 0 Å². The second-order valence-electron chi connectivity index (χ2n) is 3.77. The minimum atomic E-state index is 0.244. The van der Waals surface area contributed by atoms with E-state index in [0.717, 1.165) is 10.5 Å². The van der Waals surface area contributed by atoms with Crippen molar-refractivity contribution >= 4 is 17.5 Å². The lowest BCUT2D eigenvalue weighted by Gasteiger charge is -2.01. The summed E-state index contributed by atoms with van der Waals surface area (Å²) >= 11 is 1.59. The van der Waals surface area contributed by atoms with Gasteiger partial charge in [-0.05, 0) is 26.0 Å². The third-order valence-corrected chi connectivity index (χ3v) is 2.99. The maximum absolute atomic E-state index is 11.4. The van der Waals surface area contributed by atoms with Crippen molar-refractivity contribution in [1.82, 2.24) is 0 Å². The molecule has 0 bridgehead atoms. The number of benzene rings is 1. The fraction of sp³-hybridized carbons (Fsp3) is 0.308. The van der Waals surface area contributed by atoms with Crippen molar-refractivity contribution in [2.75, 3.05) is 5.75 Å². The monoisotopic (exact) mass is 220 g/mol. The van der Waals surface area contributed by atoms with Crippen molar-refractivity contribution in [1.29, 1.82) is 0 Å². The maximum Gasteiger partial charge on any atom is 0.147 e. The molecule has 2 heteroatoms. The number of Topliss-reactive ketones (excluding diaryl/α,β-unsaturated/α-hetero) is 1. The second kappa shape index (κ2) is 5.76. The Morgan fingerprint density at radius 2 is 1.93 bits per heavy atom. The zero-order chi connectivity index (χ0) is 11.3. The highest BCUT2D eigenvalue weighted by molar-refractivity contribution is 8.00. The quantitative estimate of drug-likeness (QED) is 0.557. The number of hydrogen-bond donors (Lipinski definition) is 0. The van der Waals surface area contributed by atoms with Crippen LogP contribution >= 0.6 is 11.8 Å². The van der Waals surface area contributed by atoms with Crippen molar-refractivity contribution in [3.63, 3.8) is 0 Å². The van der Waals surface area contributed by atoms with E-state index in [1.54, 1.807) is 11.8 Å². The fourth-order valence-electron chi connectivity index (χ4n) is 1.19. The summed E-state index contributed by atoms with van der Waals surface area (Å²) < 4.78 is 0. The molecule has 0 N–H and O–H groups in total. The topological polar surface area (TPSA) is 17.1 Å². The van der Waals surface area contributed by atoms with Crippen molar-refractivity contribution in [2.24, 2.45) is 0 Å². The summed E-state index contributed by atoms with van der Waals surface area (Å²) in [6.07, 6.45) is 0.499. The summed E-state index contributed by atoms with van der Waals surface area (Å²) in [5.41, 5.74) is 2.18. The molecule has 1 rings (SSSR count). The lowest BCUT2D eigenvalue weighted by Crippen LogP contribution is -2.01. The number of carbonyl (C=O) groups excluding carboxylic acids is 1. The van der Waals surface area contributed by atoms with Gasteiger partial charge in [0.15, 0.2) is 0 Å². The molecule has 0 amide bonds. The Hall–Kier alpha value is -1.02. The Labute approximate surface area is 95.6 Å². The van der Waals surface area contributed by atoms with E-state index in [4.69, 9.17) is 0 Å². The molecule has 1 aromatic carbocycles. The van der Waals surface area contributed by atoms with E-state index < -0.39 is 0 Å². The van der Waals surface area contributed by atoms with Crippen LogP contribution in [0.2, 0.25) is 0 Å². The lowest BCUT2D eigenvalue weighted by atomic mass is 10.2. The van der Waals surface area contributed by atoms with Gasteiger partial charge < -0.3 is 0 Å². The molecule has 1 nitrogen and oxygen atoms in total. The average molecular weight is 220 g/mol. The minimum absolute atomic E-state index is 0.244. The molecule has 0 saturated carbocycles. The van der Waals surface area contributed by atoms with Crippen LogP contribution in [0, 0.1) is 6.92 Å². The largest absolute Gasteiger partial charge is 0.298 e. The molecule has 0 aliphatic carbocycles. The van der Waals surface area contributed by atoms with Gasteiger partial charge >= 0.3 is 0 Å². The van der Waals surface area contributed by atoms with Gasteiger partial charge in [0.1, 0.15) is 5.78 Å². The molecule has 0 saturated heterocycles. The van der Waals surface area contributed by atoms with Crippen LogP contribution in [0.25, 0.3) is 0 Å². The molecule has 0 atom stereocenters. The molecule has 1 aromatic rings. The standard InChI is InChI=1S/C13H16OS/c1-10(2)8-12(14)9-15-13-6-4-11(3)5-7-13/h4-7H,1,8-9H2,2-3H3. The molecular weight excluding hydrogens is 204 g/mol. The number of carbonyl (C=O) groups is 1. The maximum atomic E-state index is 11.4. The first-order valence-corrected chi connectivity index (χ1v) is 5.92. The molecule has 0 fully saturated rings. The van der Waals surface area contributed by atoms with E-state index in [9.17, 15) is 4.79 Å². The van der Waals surface area contributed by atoms with Crippen molar-refractivity contribution < 1.29 is 4.79 Å². The Morgan fingerprint density at radius 3 is 2.47 bits per heavy atom. The van der Waals surface area contributed by atoms with E-state index in [-0.39, 0.29) is 5.78 Å². The van der Waals surface area contributed by atoms with Crippen LogP contribution in [0.5, 0.6) is 0 Å². The minimum Gasteiger partial charge on any atom is -0.298 e. The highest BCUT2D eigenvalue weighted by atomic mass is 32.2. The molecule has 0 unspecified atom stereocenters. The zero-order valence-corrected chi connectivity index (χ0v) is 10.1. The van der Waals surface area contributed by atoms with Crippen LogP contribution in [-0.2, 0) is 4.79 Å². The van der Waals surface area contributed by atoms with Crippen LogP contribution < -0.4 is 0 Å². The van der Waals surface area contributed by atoms with Crippen molar-refractivity contribution in [3.05, 3.63) is 42.0 Å². The van der Waals surface area contributed by atoms with Crippen LogP contribution in [0.4, 0.5) is 0 Å². The average Bonchev–Trinajstić information content (AvgIpc) is 2.16. The third-order valence-electron chi connectivity index (χ3n) is 1.92. The van der Waals surface area contributed by atoms with E-state index in [1.165, 1.54) is 5.56 Å². The van der Waals surface area contributed by atoms with Gasteiger partial charge in [-0.3, -0.25) is 4.79 Å². The number of thioether (sulfide) groups is 1. The number of aryl methyl sites for hydroxylation is 1. The normalized spacial score (nSPS) is 10.0. The van der Waals surface area contributed by atoms with Crippen LogP contribution in [0.1, 0.15) is 18.9 Å². The SMILES string of the molecule is C=C(C)CC(=O)CSc1ccc(C)cc1. The highest BCUT2D eigenvalue weighted by Crippen LogP contribution is 2.19. The van der Waals surface area contributed by atoms with Crippen LogP contribution in [-0.4, -0.2) is 11.5 Å². The highest BCUT2D eigenvalue weighted by Gasteiger charge is 2.03. The Bertz CT molecular complexity index is 351. The van der Waals surface area contributed by atoms with Gasteiger partial charge in [-0.1, -0.05) is 29.8 Å². The predicted molar refractivity (Wildman–Crippen MR) is 66.3 cm³/mol. The molecule has 0 aliphatic rings. The number of hydrogen-bond acceptors (Lipinski definition) is 2. The van der Waals surface area contributed by atoms with E-state index >= 15 is 0 Å². The third kappa shape index (κ3) is 4.84. The summed E-state index contributed by atoms with van der Waals surface area (Å²) in [6.45, 7) is 7.67. The first-order valence-electron chi connectivity index (χ1n) is 4.93. The van der Waals surface area contributed by atoms with Gasteiger partial charge in [-0.25, -0.2) is 0 Å². The van der Waals surface area contributed by atoms with E-state index in [0.29, 0.717) is 12.2 Å². The molecule has 0 heterocycles. The van der Waals surface area contributed by atoms with Crippen LogP contribution in [0.3, 0.4) is 0 Å². The molecule has 0 spiro atoms. The van der Waals surface area contributed by atoms with Crippen LogP contribution in [0.15, 0.2) is 41.3 Å². The molecule has 0 aromatic heterocycles. The first-order chi connectivity index (χ1) is 7.08. The molecule has 0 radical (unpaired) electrons. The van der Waals surface area contributed by atoms with E-state index in [1.807, 2.05) is 19.1 Å². The Kier molecular flexibility index (Phi) is 4.63. The molecule has 80 valence electrons. The fourth-order valence-corrected chi connectivity index (χ4v) is 1.94. The smallest absolute Gasteiger partial charge is 0.147 e. The van der Waals surface area contributed by atoms with Gasteiger partial charge in [0.05, 0.1) is 5.75 Å². The summed E-state index contributed by atoms with van der Waals surface area (Å²) in [7, 11) is 0. The first kappa shape index (κ1) is 12.1. The van der Waals surface area contributed by atoms with E-state index in [2.05, 4.69) is 25.6 Å². The van der Waals surface area contributed by atoms with Gasteiger partial charge in [0.25, 0.3) is 0 Å². The summed E-state index contributed by atoms with van der Waals surface area (Å²) in [4.78, 5) is 12.6. The Balaban J connectivity index is 2.40. The molecular formula is C13H16OS. The number of rotatable bonds is 5.